The number of hydrogen-bond acceptors (Lipinski definition) is 5. The second-order valence-electron chi connectivity index (χ2n) is 8.59. The molecule has 3 aromatic rings. The normalized spacial score (nSPS) is 19.7. The number of fused-ring (bicyclic) bond motifs is 1. The molecule has 0 spiro atoms. The first-order valence-corrected chi connectivity index (χ1v) is 10.3. The van der Waals surface area contributed by atoms with E-state index in [1.54, 1.807) is 30.8 Å². The van der Waals surface area contributed by atoms with Crippen molar-refractivity contribution < 1.29 is 9.21 Å². The maximum absolute atomic E-state index is 13.0. The van der Waals surface area contributed by atoms with E-state index >= 15 is 0 Å². The molecule has 4 heterocycles. The molecule has 3 aromatic heterocycles. The van der Waals surface area contributed by atoms with Gasteiger partial charge >= 0.3 is 0 Å². The Bertz CT molecular complexity index is 1020. The zero-order valence-corrected chi connectivity index (χ0v) is 17.5. The summed E-state index contributed by atoms with van der Waals surface area (Å²) in [6, 6.07) is 5.48. The molecule has 1 fully saturated rings. The summed E-state index contributed by atoms with van der Waals surface area (Å²) in [6.07, 6.45) is 6.45. The second-order valence-corrected chi connectivity index (χ2v) is 8.59. The van der Waals surface area contributed by atoms with Crippen LogP contribution in [0.5, 0.6) is 0 Å². The molecule has 2 atom stereocenters. The summed E-state index contributed by atoms with van der Waals surface area (Å²) in [5.41, 5.74) is 4.56. The van der Waals surface area contributed by atoms with Crippen molar-refractivity contribution in [3.8, 4) is 0 Å². The fourth-order valence-corrected chi connectivity index (χ4v) is 4.27. The number of amides is 1. The smallest absolute Gasteiger partial charge is 0.274 e. The van der Waals surface area contributed by atoms with E-state index < -0.39 is 0 Å². The summed E-state index contributed by atoms with van der Waals surface area (Å²) in [5.74, 6) is 1.27. The predicted molar refractivity (Wildman–Crippen MR) is 115 cm³/mol. The van der Waals surface area contributed by atoms with E-state index in [1.807, 2.05) is 6.07 Å². The van der Waals surface area contributed by atoms with Crippen LogP contribution in [-0.4, -0.2) is 29.0 Å². The Hall–Kier alpha value is -2.89. The highest BCUT2D eigenvalue weighted by Gasteiger charge is 2.24. The Balaban J connectivity index is 1.61. The number of carbonyl (C=O) groups is 1. The van der Waals surface area contributed by atoms with Gasteiger partial charge in [0.15, 0.2) is 5.58 Å². The first-order valence-electron chi connectivity index (χ1n) is 10.3. The molecule has 152 valence electrons. The Morgan fingerprint density at radius 3 is 2.69 bits per heavy atom. The molecule has 4 rings (SSSR count). The van der Waals surface area contributed by atoms with Crippen LogP contribution in [0.3, 0.4) is 0 Å². The molecule has 0 unspecified atom stereocenters. The fourth-order valence-electron chi connectivity index (χ4n) is 4.27. The maximum atomic E-state index is 13.0. The van der Waals surface area contributed by atoms with Gasteiger partial charge in [0.1, 0.15) is 11.2 Å². The average molecular weight is 393 g/mol. The summed E-state index contributed by atoms with van der Waals surface area (Å²) in [4.78, 5) is 24.1. The molecular weight excluding hydrogens is 364 g/mol. The number of nitrogens with zero attached hydrogens (tertiary/aromatic N) is 3. The van der Waals surface area contributed by atoms with Gasteiger partial charge < -0.3 is 14.6 Å². The number of hydrogen-bond donors (Lipinski definition) is 1. The third-order valence-corrected chi connectivity index (χ3v) is 5.55. The van der Waals surface area contributed by atoms with Crippen LogP contribution in [0.25, 0.3) is 11.1 Å². The molecule has 0 bridgehead atoms. The number of furan rings is 1. The Morgan fingerprint density at radius 2 is 1.97 bits per heavy atom. The van der Waals surface area contributed by atoms with Crippen LogP contribution in [-0.2, 0) is 0 Å². The van der Waals surface area contributed by atoms with Crippen molar-refractivity contribution in [1.29, 1.82) is 0 Å². The highest BCUT2D eigenvalue weighted by atomic mass is 16.3. The molecular formula is C23H28N4O2. The molecule has 29 heavy (non-hydrogen) atoms. The molecule has 1 amide bonds. The SMILES string of the molecule is CC(C)c1coc2ccc(C(=O)Nc3cnccc3N3C[C@H](C)C[C@H](C)C3)nc12. The van der Waals surface area contributed by atoms with E-state index in [9.17, 15) is 4.79 Å². The van der Waals surface area contributed by atoms with Crippen LogP contribution in [0.1, 0.15) is 56.1 Å². The van der Waals surface area contributed by atoms with Gasteiger partial charge in [-0.05, 0) is 42.4 Å². The molecule has 0 radical (unpaired) electrons. The van der Waals surface area contributed by atoms with Crippen LogP contribution >= 0.6 is 0 Å². The van der Waals surface area contributed by atoms with E-state index in [0.29, 0.717) is 23.1 Å². The van der Waals surface area contributed by atoms with Crippen molar-refractivity contribution in [2.45, 2.75) is 40.0 Å². The van der Waals surface area contributed by atoms with E-state index in [1.165, 1.54) is 6.42 Å². The molecule has 6 nitrogen and oxygen atoms in total. The molecule has 0 aliphatic carbocycles. The van der Waals surface area contributed by atoms with Gasteiger partial charge in [0.25, 0.3) is 5.91 Å². The van der Waals surface area contributed by atoms with Crippen molar-refractivity contribution in [3.05, 3.63) is 48.1 Å². The van der Waals surface area contributed by atoms with Crippen LogP contribution in [0.2, 0.25) is 0 Å². The monoisotopic (exact) mass is 392 g/mol. The fraction of sp³-hybridized carbons (Fsp3) is 0.435. The van der Waals surface area contributed by atoms with Crippen molar-refractivity contribution in [1.82, 2.24) is 9.97 Å². The number of carbonyl (C=O) groups excluding carboxylic acids is 1. The third-order valence-electron chi connectivity index (χ3n) is 5.55. The summed E-state index contributed by atoms with van der Waals surface area (Å²) < 4.78 is 5.57. The van der Waals surface area contributed by atoms with Crippen LogP contribution < -0.4 is 10.2 Å². The zero-order chi connectivity index (χ0) is 20.5. The molecule has 0 aromatic carbocycles. The summed E-state index contributed by atoms with van der Waals surface area (Å²) >= 11 is 0. The standard InChI is InChI=1S/C23H28N4O2/c1-14(2)17-13-29-21-6-5-18(25-22(17)21)23(28)26-19-10-24-8-7-20(19)27-11-15(3)9-16(4)12-27/h5-8,10,13-16H,9,11-12H2,1-4H3,(H,26,28)/t15-,16+. The molecule has 6 heteroatoms. The highest BCUT2D eigenvalue weighted by molar-refractivity contribution is 6.05. The largest absolute Gasteiger partial charge is 0.462 e. The second kappa shape index (κ2) is 7.85. The summed E-state index contributed by atoms with van der Waals surface area (Å²) in [5, 5.41) is 3.02. The van der Waals surface area contributed by atoms with E-state index in [0.717, 1.165) is 35.5 Å². The third kappa shape index (κ3) is 3.97. The van der Waals surface area contributed by atoms with Gasteiger partial charge in [-0.2, -0.15) is 0 Å². The van der Waals surface area contributed by atoms with Gasteiger partial charge in [0.2, 0.25) is 0 Å². The van der Waals surface area contributed by atoms with E-state index in [2.05, 4.69) is 47.9 Å². The quantitative estimate of drug-likeness (QED) is 0.670. The first kappa shape index (κ1) is 19.4. The van der Waals surface area contributed by atoms with Crippen molar-refractivity contribution >= 4 is 28.4 Å². The maximum Gasteiger partial charge on any atom is 0.274 e. The lowest BCUT2D eigenvalue weighted by Gasteiger charge is -2.37. The lowest BCUT2D eigenvalue weighted by atomic mass is 9.91. The van der Waals surface area contributed by atoms with Gasteiger partial charge in [-0.15, -0.1) is 0 Å². The van der Waals surface area contributed by atoms with Crippen molar-refractivity contribution in [3.63, 3.8) is 0 Å². The lowest BCUT2D eigenvalue weighted by Crippen LogP contribution is -2.39. The topological polar surface area (TPSA) is 71.3 Å². The van der Waals surface area contributed by atoms with Crippen LogP contribution in [0.15, 0.2) is 41.3 Å². The van der Waals surface area contributed by atoms with Gasteiger partial charge in [0.05, 0.1) is 23.8 Å². The summed E-state index contributed by atoms with van der Waals surface area (Å²) in [7, 11) is 0. The van der Waals surface area contributed by atoms with E-state index in [-0.39, 0.29) is 11.8 Å². The average Bonchev–Trinajstić information content (AvgIpc) is 3.11. The lowest BCUT2D eigenvalue weighted by molar-refractivity contribution is 0.102. The Kier molecular flexibility index (Phi) is 5.26. The molecule has 1 saturated heterocycles. The Labute approximate surface area is 171 Å². The number of rotatable bonds is 4. The van der Waals surface area contributed by atoms with Crippen molar-refractivity contribution in [2.24, 2.45) is 11.8 Å². The van der Waals surface area contributed by atoms with Gasteiger partial charge in [-0.1, -0.05) is 27.7 Å². The molecule has 1 N–H and O–H groups in total. The van der Waals surface area contributed by atoms with Gasteiger partial charge in [-0.25, -0.2) is 4.98 Å². The predicted octanol–water partition coefficient (Wildman–Crippen LogP) is 5.08. The Morgan fingerprint density at radius 1 is 1.21 bits per heavy atom. The number of anilines is 2. The van der Waals surface area contributed by atoms with Crippen molar-refractivity contribution in [2.75, 3.05) is 23.3 Å². The first-order chi connectivity index (χ1) is 13.9. The number of nitrogens with one attached hydrogen (secondary N) is 1. The zero-order valence-electron chi connectivity index (χ0n) is 17.5. The number of pyridine rings is 2. The molecule has 0 saturated carbocycles. The molecule has 1 aliphatic heterocycles. The summed E-state index contributed by atoms with van der Waals surface area (Å²) in [6.45, 7) is 10.7. The minimum absolute atomic E-state index is 0.241. The number of aromatic nitrogens is 2. The molecule has 1 aliphatic rings. The van der Waals surface area contributed by atoms with Gasteiger partial charge in [-0.3, -0.25) is 9.78 Å². The number of piperidine rings is 1. The van der Waals surface area contributed by atoms with Crippen LogP contribution in [0, 0.1) is 11.8 Å². The van der Waals surface area contributed by atoms with Gasteiger partial charge in [0, 0.05) is 24.8 Å². The van der Waals surface area contributed by atoms with Crippen LogP contribution in [0.4, 0.5) is 11.4 Å². The highest BCUT2D eigenvalue weighted by Crippen LogP contribution is 2.31. The van der Waals surface area contributed by atoms with E-state index in [4.69, 9.17) is 4.42 Å². The minimum Gasteiger partial charge on any atom is -0.462 e. The minimum atomic E-state index is -0.241.